The van der Waals surface area contributed by atoms with Crippen molar-refractivity contribution in [3.05, 3.63) is 34.5 Å². The average Bonchev–Trinajstić information content (AvgIpc) is 2.87. The summed E-state index contributed by atoms with van der Waals surface area (Å²) in [6.07, 6.45) is 0.171. The smallest absolute Gasteiger partial charge is 0.326 e. The number of nitrogens with one attached hydrogen (secondary N) is 1. The molecule has 1 aromatic heterocycles. The second kappa shape index (κ2) is 7.36. The summed E-state index contributed by atoms with van der Waals surface area (Å²) < 4.78 is 11.8. The van der Waals surface area contributed by atoms with Crippen molar-refractivity contribution < 1.29 is 23.8 Å². The van der Waals surface area contributed by atoms with Gasteiger partial charge in [0.2, 0.25) is 0 Å². The lowest BCUT2D eigenvalue weighted by Crippen LogP contribution is -2.41. The number of fused-ring (bicyclic) bond motifs is 1. The van der Waals surface area contributed by atoms with E-state index in [0.717, 1.165) is 9.86 Å². The Balaban J connectivity index is 2.04. The molecule has 1 unspecified atom stereocenters. The maximum Gasteiger partial charge on any atom is 0.326 e. The summed E-state index contributed by atoms with van der Waals surface area (Å²) in [5.41, 5.74) is 0.199. The summed E-state index contributed by atoms with van der Waals surface area (Å²) in [5.74, 6) is -1.60. The second-order valence-corrected chi connectivity index (χ2v) is 7.32. The van der Waals surface area contributed by atoms with Crippen molar-refractivity contribution in [3.8, 4) is 0 Å². The third kappa shape index (κ3) is 5.07. The van der Waals surface area contributed by atoms with E-state index in [1.54, 1.807) is 18.2 Å². The van der Waals surface area contributed by atoms with Gasteiger partial charge in [-0.2, -0.15) is 0 Å². The van der Waals surface area contributed by atoms with E-state index < -0.39 is 17.9 Å². The lowest BCUT2D eigenvalue weighted by atomic mass is 10.1. The number of carbonyl (C=O) groups excluding carboxylic acids is 1. The van der Waals surface area contributed by atoms with Gasteiger partial charge in [-0.1, -0.05) is 15.9 Å². The number of carbonyl (C=O) groups is 2. The average molecular weight is 398 g/mol. The number of furan rings is 1. The lowest BCUT2D eigenvalue weighted by Gasteiger charge is -2.21. The molecule has 2 rings (SSSR count). The summed E-state index contributed by atoms with van der Waals surface area (Å²) in [4.78, 5) is 23.6. The van der Waals surface area contributed by atoms with Crippen LogP contribution in [0.5, 0.6) is 0 Å². The van der Waals surface area contributed by atoms with Gasteiger partial charge in [-0.15, -0.1) is 0 Å². The molecule has 0 radical (unpaired) electrons. The molecule has 1 atom stereocenters. The molecule has 0 saturated heterocycles. The maximum absolute atomic E-state index is 12.3. The van der Waals surface area contributed by atoms with Crippen molar-refractivity contribution in [2.75, 3.05) is 6.61 Å². The number of hydrogen-bond donors (Lipinski definition) is 2. The summed E-state index contributed by atoms with van der Waals surface area (Å²) in [6, 6.07) is 5.90. The molecule has 2 N–H and O–H groups in total. The Labute approximate surface area is 148 Å². The highest BCUT2D eigenvalue weighted by molar-refractivity contribution is 9.10. The van der Waals surface area contributed by atoms with E-state index in [0.29, 0.717) is 5.58 Å². The van der Waals surface area contributed by atoms with Gasteiger partial charge < -0.3 is 19.6 Å². The number of benzene rings is 1. The standard InChI is InChI=1S/C17H20BrNO5/c1-17(2,3)23-7-6-12(16(21)22)19-15(20)14-9-10-8-11(18)4-5-13(10)24-14/h4-5,8-9,12H,6-7H2,1-3H3,(H,19,20)(H,21,22). The van der Waals surface area contributed by atoms with E-state index in [9.17, 15) is 14.7 Å². The van der Waals surface area contributed by atoms with Gasteiger partial charge in [0.15, 0.2) is 5.76 Å². The first-order valence-electron chi connectivity index (χ1n) is 7.52. The van der Waals surface area contributed by atoms with Gasteiger partial charge >= 0.3 is 5.97 Å². The zero-order valence-electron chi connectivity index (χ0n) is 13.8. The highest BCUT2D eigenvalue weighted by Gasteiger charge is 2.23. The Morgan fingerprint density at radius 3 is 2.67 bits per heavy atom. The molecule has 130 valence electrons. The van der Waals surface area contributed by atoms with Gasteiger partial charge in [-0.25, -0.2) is 4.79 Å². The minimum absolute atomic E-state index is 0.0751. The topological polar surface area (TPSA) is 88.8 Å². The van der Waals surface area contributed by atoms with Crippen LogP contribution in [-0.4, -0.2) is 35.2 Å². The van der Waals surface area contributed by atoms with Gasteiger partial charge in [0, 0.05) is 22.9 Å². The van der Waals surface area contributed by atoms with E-state index in [4.69, 9.17) is 9.15 Å². The van der Waals surface area contributed by atoms with Crippen LogP contribution in [0, 0.1) is 0 Å². The number of rotatable bonds is 6. The molecule has 1 aromatic carbocycles. The molecule has 7 heteroatoms. The highest BCUT2D eigenvalue weighted by atomic mass is 79.9. The van der Waals surface area contributed by atoms with Crippen molar-refractivity contribution in [1.82, 2.24) is 5.32 Å². The number of amides is 1. The van der Waals surface area contributed by atoms with Crippen LogP contribution in [0.25, 0.3) is 11.0 Å². The largest absolute Gasteiger partial charge is 0.480 e. The Morgan fingerprint density at radius 2 is 2.04 bits per heavy atom. The minimum atomic E-state index is -1.11. The zero-order chi connectivity index (χ0) is 17.9. The van der Waals surface area contributed by atoms with Crippen LogP contribution in [-0.2, 0) is 9.53 Å². The molecule has 0 spiro atoms. The summed E-state index contributed by atoms with van der Waals surface area (Å²) in [5, 5.41) is 12.5. The molecule has 0 fully saturated rings. The second-order valence-electron chi connectivity index (χ2n) is 6.41. The Morgan fingerprint density at radius 1 is 1.33 bits per heavy atom. The minimum Gasteiger partial charge on any atom is -0.480 e. The Kier molecular flexibility index (Phi) is 5.66. The molecule has 0 aliphatic carbocycles. The number of carboxylic acids is 1. The molecular formula is C17H20BrNO5. The van der Waals surface area contributed by atoms with Crippen LogP contribution in [0.3, 0.4) is 0 Å². The zero-order valence-corrected chi connectivity index (χ0v) is 15.3. The fraction of sp³-hybridized carbons (Fsp3) is 0.412. The first-order chi connectivity index (χ1) is 11.2. The molecule has 2 aromatic rings. The van der Waals surface area contributed by atoms with Crippen LogP contribution in [0.4, 0.5) is 0 Å². The molecule has 1 heterocycles. The molecule has 0 aliphatic heterocycles. The predicted molar refractivity (Wildman–Crippen MR) is 93.1 cm³/mol. The number of aliphatic carboxylic acids is 1. The predicted octanol–water partition coefficient (Wildman–Crippen LogP) is 3.58. The van der Waals surface area contributed by atoms with E-state index in [-0.39, 0.29) is 24.4 Å². The third-order valence-corrected chi connectivity index (χ3v) is 3.74. The van der Waals surface area contributed by atoms with Gasteiger partial charge in [-0.3, -0.25) is 4.79 Å². The van der Waals surface area contributed by atoms with Gasteiger partial charge in [-0.05, 0) is 45.0 Å². The van der Waals surface area contributed by atoms with Gasteiger partial charge in [0.1, 0.15) is 11.6 Å². The van der Waals surface area contributed by atoms with Crippen LogP contribution in [0.15, 0.2) is 33.2 Å². The highest BCUT2D eigenvalue weighted by Crippen LogP contribution is 2.23. The summed E-state index contributed by atoms with van der Waals surface area (Å²) >= 11 is 3.35. The monoisotopic (exact) mass is 397 g/mol. The van der Waals surface area contributed by atoms with Crippen molar-refractivity contribution >= 4 is 38.8 Å². The summed E-state index contributed by atoms with van der Waals surface area (Å²) in [7, 11) is 0. The number of ether oxygens (including phenoxy) is 1. The van der Waals surface area contributed by atoms with E-state index in [1.807, 2.05) is 26.8 Å². The van der Waals surface area contributed by atoms with Crippen LogP contribution >= 0.6 is 15.9 Å². The van der Waals surface area contributed by atoms with E-state index in [2.05, 4.69) is 21.2 Å². The molecule has 6 nitrogen and oxygen atoms in total. The molecule has 0 aliphatic rings. The van der Waals surface area contributed by atoms with E-state index in [1.165, 1.54) is 0 Å². The number of halogens is 1. The van der Waals surface area contributed by atoms with Crippen LogP contribution < -0.4 is 5.32 Å². The Hall–Kier alpha value is -1.86. The molecule has 24 heavy (non-hydrogen) atoms. The fourth-order valence-electron chi connectivity index (χ4n) is 2.10. The lowest BCUT2D eigenvalue weighted by molar-refractivity contribution is -0.140. The molecular weight excluding hydrogens is 378 g/mol. The third-order valence-electron chi connectivity index (χ3n) is 3.25. The van der Waals surface area contributed by atoms with Crippen LogP contribution in [0.2, 0.25) is 0 Å². The number of hydrogen-bond acceptors (Lipinski definition) is 4. The van der Waals surface area contributed by atoms with Crippen molar-refractivity contribution in [1.29, 1.82) is 0 Å². The SMILES string of the molecule is CC(C)(C)OCCC(NC(=O)c1cc2cc(Br)ccc2o1)C(=O)O. The molecule has 0 bridgehead atoms. The Bertz CT molecular complexity index is 747. The quantitative estimate of drug-likeness (QED) is 0.777. The molecule has 0 saturated carbocycles. The first-order valence-corrected chi connectivity index (χ1v) is 8.32. The van der Waals surface area contributed by atoms with Gasteiger partial charge in [0.25, 0.3) is 5.91 Å². The van der Waals surface area contributed by atoms with E-state index >= 15 is 0 Å². The van der Waals surface area contributed by atoms with Gasteiger partial charge in [0.05, 0.1) is 5.60 Å². The summed E-state index contributed by atoms with van der Waals surface area (Å²) in [6.45, 7) is 5.88. The van der Waals surface area contributed by atoms with Crippen molar-refractivity contribution in [2.45, 2.75) is 38.8 Å². The van der Waals surface area contributed by atoms with Crippen molar-refractivity contribution in [2.24, 2.45) is 0 Å². The molecule has 1 amide bonds. The maximum atomic E-state index is 12.3. The van der Waals surface area contributed by atoms with Crippen molar-refractivity contribution in [3.63, 3.8) is 0 Å². The first kappa shape index (κ1) is 18.5. The normalized spacial score (nSPS) is 13.0. The fourth-order valence-corrected chi connectivity index (χ4v) is 2.47. The van der Waals surface area contributed by atoms with Crippen LogP contribution in [0.1, 0.15) is 37.7 Å². The number of carboxylic acid groups (broad SMARTS) is 1.